The second kappa shape index (κ2) is 10.7. The lowest BCUT2D eigenvalue weighted by atomic mass is 9.83. The smallest absolute Gasteiger partial charge is 0.225 e. The number of nitrogens with zero attached hydrogens (tertiary/aromatic N) is 3. The number of methoxy groups -OCH3 is 2. The Morgan fingerprint density at radius 1 is 1.03 bits per heavy atom. The first-order valence-corrected chi connectivity index (χ1v) is 12.6. The van der Waals surface area contributed by atoms with Gasteiger partial charge in [0.25, 0.3) is 0 Å². The van der Waals surface area contributed by atoms with E-state index in [2.05, 4.69) is 38.2 Å². The van der Waals surface area contributed by atoms with E-state index in [1.54, 1.807) is 14.2 Å². The largest absolute Gasteiger partial charge is 0.497 e. The van der Waals surface area contributed by atoms with Crippen molar-refractivity contribution in [3.05, 3.63) is 48.0 Å². The van der Waals surface area contributed by atoms with Crippen molar-refractivity contribution in [3.63, 3.8) is 0 Å². The monoisotopic (exact) mass is 480 g/mol. The van der Waals surface area contributed by atoms with Gasteiger partial charge in [0, 0.05) is 57.6 Å². The standard InChI is InChI=1S/C27H36N4O4/c1-33-21-8-7-20-17-22(27(32)28-9-10-29-13-15-35-16-14-29)25-19-30(11-12-31(25)24(20)18-21)23-5-3-4-6-26(23)34-2/h3-8,18,22,25H,9-17,19H2,1-2H3,(H,28,32)/t22-,25-/m0/s1. The summed E-state index contributed by atoms with van der Waals surface area (Å²) < 4.78 is 16.6. The molecule has 188 valence electrons. The van der Waals surface area contributed by atoms with Crippen LogP contribution in [0.2, 0.25) is 0 Å². The molecular formula is C27H36N4O4. The van der Waals surface area contributed by atoms with Crippen LogP contribution >= 0.6 is 0 Å². The molecule has 8 nitrogen and oxygen atoms in total. The topological polar surface area (TPSA) is 66.5 Å². The average Bonchev–Trinajstić information content (AvgIpc) is 2.92. The van der Waals surface area contributed by atoms with Crippen molar-refractivity contribution in [1.29, 1.82) is 0 Å². The summed E-state index contributed by atoms with van der Waals surface area (Å²) in [5.41, 5.74) is 3.48. The van der Waals surface area contributed by atoms with Crippen molar-refractivity contribution in [1.82, 2.24) is 10.2 Å². The Bertz CT molecular complexity index is 1030. The molecule has 2 saturated heterocycles. The van der Waals surface area contributed by atoms with Gasteiger partial charge in [-0.25, -0.2) is 0 Å². The van der Waals surface area contributed by atoms with Gasteiger partial charge in [-0.3, -0.25) is 9.69 Å². The van der Waals surface area contributed by atoms with Crippen molar-refractivity contribution >= 4 is 17.3 Å². The zero-order valence-electron chi connectivity index (χ0n) is 20.7. The fraction of sp³-hybridized carbons (Fsp3) is 0.519. The Hall–Kier alpha value is -2.97. The highest BCUT2D eigenvalue weighted by atomic mass is 16.5. The van der Waals surface area contributed by atoms with E-state index >= 15 is 0 Å². The number of para-hydroxylation sites is 2. The second-order valence-electron chi connectivity index (χ2n) is 9.43. The van der Waals surface area contributed by atoms with Gasteiger partial charge in [-0.05, 0) is 30.2 Å². The van der Waals surface area contributed by atoms with E-state index in [9.17, 15) is 4.79 Å². The van der Waals surface area contributed by atoms with E-state index in [4.69, 9.17) is 14.2 Å². The molecule has 0 unspecified atom stereocenters. The maximum atomic E-state index is 13.5. The molecule has 0 bridgehead atoms. The summed E-state index contributed by atoms with van der Waals surface area (Å²) in [5.74, 6) is 1.73. The molecule has 35 heavy (non-hydrogen) atoms. The Morgan fingerprint density at radius 3 is 2.66 bits per heavy atom. The highest BCUT2D eigenvalue weighted by molar-refractivity contribution is 5.82. The van der Waals surface area contributed by atoms with Gasteiger partial charge in [0.2, 0.25) is 5.91 Å². The minimum atomic E-state index is -0.127. The highest BCUT2D eigenvalue weighted by Gasteiger charge is 2.42. The first-order valence-electron chi connectivity index (χ1n) is 12.6. The second-order valence-corrected chi connectivity index (χ2v) is 9.43. The zero-order chi connectivity index (χ0) is 24.2. The lowest BCUT2D eigenvalue weighted by Gasteiger charge is -2.49. The number of rotatable bonds is 7. The number of fused-ring (bicyclic) bond motifs is 3. The Morgan fingerprint density at radius 2 is 1.86 bits per heavy atom. The van der Waals surface area contributed by atoms with Crippen LogP contribution in [0.25, 0.3) is 0 Å². The number of morpholine rings is 1. The molecule has 3 aliphatic rings. The molecular weight excluding hydrogens is 444 g/mol. The van der Waals surface area contributed by atoms with E-state index in [-0.39, 0.29) is 17.9 Å². The molecule has 5 rings (SSSR count). The maximum absolute atomic E-state index is 13.5. The molecule has 8 heteroatoms. The van der Waals surface area contributed by atoms with Crippen molar-refractivity contribution in [3.8, 4) is 11.5 Å². The van der Waals surface area contributed by atoms with Crippen LogP contribution < -0.4 is 24.6 Å². The van der Waals surface area contributed by atoms with Gasteiger partial charge in [-0.15, -0.1) is 0 Å². The van der Waals surface area contributed by atoms with Gasteiger partial charge in [0.1, 0.15) is 11.5 Å². The number of ether oxygens (including phenoxy) is 3. The predicted molar refractivity (Wildman–Crippen MR) is 137 cm³/mol. The van der Waals surface area contributed by atoms with E-state index in [0.29, 0.717) is 6.54 Å². The summed E-state index contributed by atoms with van der Waals surface area (Å²) >= 11 is 0. The number of anilines is 2. The molecule has 2 aromatic rings. The van der Waals surface area contributed by atoms with E-state index < -0.39 is 0 Å². The molecule has 0 saturated carbocycles. The summed E-state index contributed by atoms with van der Waals surface area (Å²) in [5, 5.41) is 3.25. The first kappa shape index (κ1) is 23.8. The molecule has 3 heterocycles. The molecule has 2 atom stereocenters. The van der Waals surface area contributed by atoms with Crippen LogP contribution in [0.15, 0.2) is 42.5 Å². The minimum Gasteiger partial charge on any atom is -0.497 e. The van der Waals surface area contributed by atoms with Crippen LogP contribution in [0.3, 0.4) is 0 Å². The highest BCUT2D eigenvalue weighted by Crippen LogP contribution is 2.40. The third-order valence-electron chi connectivity index (χ3n) is 7.52. The molecule has 2 aromatic carbocycles. The molecule has 0 aromatic heterocycles. The van der Waals surface area contributed by atoms with Crippen molar-refractivity contribution in [2.45, 2.75) is 12.5 Å². The summed E-state index contributed by atoms with van der Waals surface area (Å²) in [7, 11) is 3.41. The van der Waals surface area contributed by atoms with Crippen LogP contribution in [-0.2, 0) is 16.0 Å². The van der Waals surface area contributed by atoms with Crippen LogP contribution in [0, 0.1) is 5.92 Å². The van der Waals surface area contributed by atoms with Gasteiger partial charge < -0.3 is 29.3 Å². The summed E-state index contributed by atoms with van der Waals surface area (Å²) in [6.07, 6.45) is 0.726. The molecule has 0 spiro atoms. The minimum absolute atomic E-state index is 0.0663. The van der Waals surface area contributed by atoms with Crippen LogP contribution in [0.4, 0.5) is 11.4 Å². The number of hydrogen-bond acceptors (Lipinski definition) is 7. The molecule has 2 fully saturated rings. The number of nitrogens with one attached hydrogen (secondary N) is 1. The molecule has 3 aliphatic heterocycles. The average molecular weight is 481 g/mol. The maximum Gasteiger partial charge on any atom is 0.225 e. The van der Waals surface area contributed by atoms with Gasteiger partial charge >= 0.3 is 0 Å². The summed E-state index contributed by atoms with van der Waals surface area (Å²) in [6, 6.07) is 14.4. The molecule has 1 amide bonds. The number of carbonyl (C=O) groups is 1. The van der Waals surface area contributed by atoms with Crippen LogP contribution in [-0.4, -0.2) is 90.1 Å². The van der Waals surface area contributed by atoms with E-state index in [1.807, 2.05) is 24.3 Å². The van der Waals surface area contributed by atoms with Crippen molar-refractivity contribution < 1.29 is 19.0 Å². The lowest BCUT2D eigenvalue weighted by molar-refractivity contribution is -0.125. The van der Waals surface area contributed by atoms with Gasteiger partial charge in [-0.2, -0.15) is 0 Å². The Kier molecular flexibility index (Phi) is 7.29. The van der Waals surface area contributed by atoms with E-state index in [1.165, 1.54) is 11.3 Å². The third-order valence-corrected chi connectivity index (χ3v) is 7.52. The fourth-order valence-corrected chi connectivity index (χ4v) is 5.61. The quantitative estimate of drug-likeness (QED) is 0.651. The number of amides is 1. The lowest BCUT2D eigenvalue weighted by Crippen LogP contribution is -2.61. The predicted octanol–water partition coefficient (Wildman–Crippen LogP) is 2.02. The zero-order valence-corrected chi connectivity index (χ0v) is 20.7. The number of carbonyl (C=O) groups excluding carboxylic acids is 1. The third kappa shape index (κ3) is 5.04. The Balaban J connectivity index is 1.36. The Labute approximate surface area is 207 Å². The van der Waals surface area contributed by atoms with Crippen LogP contribution in [0.5, 0.6) is 11.5 Å². The molecule has 1 N–H and O–H groups in total. The summed E-state index contributed by atoms with van der Waals surface area (Å²) in [6.45, 7) is 7.37. The molecule has 0 aliphatic carbocycles. The first-order chi connectivity index (χ1) is 17.2. The number of piperazine rings is 1. The van der Waals surface area contributed by atoms with Gasteiger partial charge in [-0.1, -0.05) is 18.2 Å². The van der Waals surface area contributed by atoms with Crippen molar-refractivity contribution in [2.75, 3.05) is 83.0 Å². The number of benzene rings is 2. The molecule has 0 radical (unpaired) electrons. The number of hydrogen-bond donors (Lipinski definition) is 1. The fourth-order valence-electron chi connectivity index (χ4n) is 5.61. The van der Waals surface area contributed by atoms with Gasteiger partial charge in [0.15, 0.2) is 0 Å². The van der Waals surface area contributed by atoms with Crippen molar-refractivity contribution in [2.24, 2.45) is 5.92 Å². The SMILES string of the molecule is COc1ccc2c(c1)N1CCN(c3ccccc3OC)C[C@H]1[C@@H](C(=O)NCCN1CCOCC1)C2. The van der Waals surface area contributed by atoms with Crippen LogP contribution in [0.1, 0.15) is 5.56 Å². The van der Waals surface area contributed by atoms with Gasteiger partial charge in [0.05, 0.1) is 45.1 Å². The summed E-state index contributed by atoms with van der Waals surface area (Å²) in [4.78, 5) is 20.7. The normalized spacial score (nSPS) is 22.2. The van der Waals surface area contributed by atoms with E-state index in [0.717, 1.165) is 76.1 Å².